The number of nitrogens with zero attached hydrogens (tertiary/aromatic N) is 3. The molecule has 0 unspecified atom stereocenters. The highest BCUT2D eigenvalue weighted by Crippen LogP contribution is 2.38. The standard InChI is InChI=1S/C23H21N3O3/c1-14-6-5-11-26(14)22-21(17-13-29-20-8-4-3-7-16(17)20)24-18-10-9-15(23(27)28-2)12-19(18)25-22/h3-4,7-10,12-14H,5-6,11H2,1-2H3/t14-/m0/s1. The Bertz CT molecular complexity index is 1230. The lowest BCUT2D eigenvalue weighted by molar-refractivity contribution is 0.0601. The highest BCUT2D eigenvalue weighted by atomic mass is 16.5. The normalized spacial score (nSPS) is 16.6. The molecule has 3 heterocycles. The average molecular weight is 387 g/mol. The Morgan fingerprint density at radius 3 is 2.83 bits per heavy atom. The molecule has 0 bridgehead atoms. The lowest BCUT2D eigenvalue weighted by atomic mass is 10.1. The van der Waals surface area contributed by atoms with Gasteiger partial charge >= 0.3 is 5.97 Å². The first kappa shape index (κ1) is 17.7. The molecular formula is C23H21N3O3. The van der Waals surface area contributed by atoms with Gasteiger partial charge in [0.25, 0.3) is 0 Å². The number of methoxy groups -OCH3 is 1. The van der Waals surface area contributed by atoms with Crippen molar-refractivity contribution in [3.63, 3.8) is 0 Å². The maximum atomic E-state index is 12.0. The molecule has 1 atom stereocenters. The molecule has 1 fully saturated rings. The zero-order valence-corrected chi connectivity index (χ0v) is 16.4. The lowest BCUT2D eigenvalue weighted by Gasteiger charge is -2.25. The Morgan fingerprint density at radius 1 is 1.17 bits per heavy atom. The number of ether oxygens (including phenoxy) is 1. The van der Waals surface area contributed by atoms with E-state index < -0.39 is 0 Å². The van der Waals surface area contributed by atoms with E-state index in [1.54, 1.807) is 18.4 Å². The highest BCUT2D eigenvalue weighted by molar-refractivity contribution is 5.98. The fourth-order valence-corrected chi connectivity index (χ4v) is 4.08. The molecule has 2 aromatic heterocycles. The summed E-state index contributed by atoms with van der Waals surface area (Å²) in [6, 6.07) is 13.6. The Kier molecular flexibility index (Phi) is 4.19. The summed E-state index contributed by atoms with van der Waals surface area (Å²) in [6.45, 7) is 3.14. The van der Waals surface area contributed by atoms with Crippen LogP contribution in [0.1, 0.15) is 30.1 Å². The molecule has 6 heteroatoms. The Labute approximate surface area is 168 Å². The summed E-state index contributed by atoms with van der Waals surface area (Å²) in [4.78, 5) is 24.2. The number of aromatic nitrogens is 2. The molecular weight excluding hydrogens is 366 g/mol. The molecule has 0 radical (unpaired) electrons. The third-order valence-electron chi connectivity index (χ3n) is 5.63. The van der Waals surface area contributed by atoms with Crippen LogP contribution >= 0.6 is 0 Å². The number of carbonyl (C=O) groups excluding carboxylic acids is 1. The van der Waals surface area contributed by atoms with Crippen molar-refractivity contribution in [1.29, 1.82) is 0 Å². The maximum absolute atomic E-state index is 12.0. The van der Waals surface area contributed by atoms with Crippen molar-refractivity contribution in [3.8, 4) is 11.3 Å². The van der Waals surface area contributed by atoms with E-state index in [2.05, 4.69) is 11.8 Å². The first-order valence-corrected chi connectivity index (χ1v) is 9.79. The number of para-hydroxylation sites is 1. The molecule has 0 aliphatic carbocycles. The molecule has 1 saturated heterocycles. The fourth-order valence-electron chi connectivity index (χ4n) is 4.08. The van der Waals surface area contributed by atoms with E-state index in [1.165, 1.54) is 7.11 Å². The van der Waals surface area contributed by atoms with Gasteiger partial charge in [-0.25, -0.2) is 14.8 Å². The molecule has 5 rings (SSSR count). The van der Waals surface area contributed by atoms with Crippen LogP contribution in [0.15, 0.2) is 53.1 Å². The van der Waals surface area contributed by atoms with E-state index in [0.717, 1.165) is 52.9 Å². The number of carbonyl (C=O) groups is 1. The number of hydrogen-bond acceptors (Lipinski definition) is 6. The molecule has 0 N–H and O–H groups in total. The molecule has 6 nitrogen and oxygen atoms in total. The van der Waals surface area contributed by atoms with Crippen LogP contribution in [0.4, 0.5) is 5.82 Å². The van der Waals surface area contributed by atoms with Gasteiger partial charge in [0.05, 0.1) is 29.3 Å². The zero-order valence-electron chi connectivity index (χ0n) is 16.4. The van der Waals surface area contributed by atoms with E-state index in [-0.39, 0.29) is 5.97 Å². The summed E-state index contributed by atoms with van der Waals surface area (Å²) in [5.74, 6) is 0.450. The quantitative estimate of drug-likeness (QED) is 0.470. The minimum atomic E-state index is -0.380. The second kappa shape index (κ2) is 6.88. The number of rotatable bonds is 3. The van der Waals surface area contributed by atoms with E-state index in [4.69, 9.17) is 19.1 Å². The number of anilines is 1. The SMILES string of the molecule is COC(=O)c1ccc2nc(-c3coc4ccccc34)c(N3CCC[C@@H]3C)nc2c1. The van der Waals surface area contributed by atoms with Crippen LogP contribution in [0.5, 0.6) is 0 Å². The Hall–Kier alpha value is -3.41. The fraction of sp³-hybridized carbons (Fsp3) is 0.261. The second-order valence-electron chi connectivity index (χ2n) is 7.42. The van der Waals surface area contributed by atoms with E-state index in [0.29, 0.717) is 17.1 Å². The first-order valence-electron chi connectivity index (χ1n) is 9.79. The summed E-state index contributed by atoms with van der Waals surface area (Å²) in [6.07, 6.45) is 4.00. The number of hydrogen-bond donors (Lipinski definition) is 0. The van der Waals surface area contributed by atoms with Gasteiger partial charge in [0, 0.05) is 18.0 Å². The second-order valence-corrected chi connectivity index (χ2v) is 7.42. The minimum Gasteiger partial charge on any atom is -0.465 e. The Balaban J connectivity index is 1.76. The van der Waals surface area contributed by atoms with Gasteiger partial charge in [-0.3, -0.25) is 0 Å². The molecule has 0 saturated carbocycles. The summed E-state index contributed by atoms with van der Waals surface area (Å²) >= 11 is 0. The number of esters is 1. The van der Waals surface area contributed by atoms with Crippen molar-refractivity contribution in [2.75, 3.05) is 18.6 Å². The van der Waals surface area contributed by atoms with Crippen LogP contribution in [0.3, 0.4) is 0 Å². The van der Waals surface area contributed by atoms with Gasteiger partial charge in [-0.15, -0.1) is 0 Å². The van der Waals surface area contributed by atoms with Crippen LogP contribution in [0.2, 0.25) is 0 Å². The first-order chi connectivity index (χ1) is 14.2. The van der Waals surface area contributed by atoms with Crippen molar-refractivity contribution in [1.82, 2.24) is 9.97 Å². The largest absolute Gasteiger partial charge is 0.465 e. The third-order valence-corrected chi connectivity index (χ3v) is 5.63. The van der Waals surface area contributed by atoms with Crippen molar-refractivity contribution in [2.24, 2.45) is 0 Å². The van der Waals surface area contributed by atoms with Gasteiger partial charge in [0.2, 0.25) is 0 Å². The monoisotopic (exact) mass is 387 g/mol. The van der Waals surface area contributed by atoms with Crippen LogP contribution in [0, 0.1) is 0 Å². The van der Waals surface area contributed by atoms with Crippen molar-refractivity contribution in [3.05, 3.63) is 54.3 Å². The van der Waals surface area contributed by atoms with Gasteiger partial charge in [-0.1, -0.05) is 18.2 Å². The van der Waals surface area contributed by atoms with Crippen LogP contribution in [-0.2, 0) is 4.74 Å². The van der Waals surface area contributed by atoms with Crippen LogP contribution < -0.4 is 4.90 Å². The minimum absolute atomic E-state index is 0.377. The van der Waals surface area contributed by atoms with Gasteiger partial charge in [0.1, 0.15) is 17.5 Å². The number of fused-ring (bicyclic) bond motifs is 2. The van der Waals surface area contributed by atoms with Gasteiger partial charge < -0.3 is 14.1 Å². The molecule has 146 valence electrons. The van der Waals surface area contributed by atoms with Gasteiger partial charge in [0.15, 0.2) is 5.82 Å². The molecule has 0 spiro atoms. The highest BCUT2D eigenvalue weighted by Gasteiger charge is 2.27. The zero-order chi connectivity index (χ0) is 20.0. The van der Waals surface area contributed by atoms with Crippen molar-refractivity contribution >= 4 is 33.8 Å². The topological polar surface area (TPSA) is 68.5 Å². The average Bonchev–Trinajstić information content (AvgIpc) is 3.38. The molecule has 2 aromatic carbocycles. The van der Waals surface area contributed by atoms with E-state index in [9.17, 15) is 4.79 Å². The van der Waals surface area contributed by atoms with E-state index >= 15 is 0 Å². The molecule has 1 aliphatic heterocycles. The smallest absolute Gasteiger partial charge is 0.337 e. The van der Waals surface area contributed by atoms with Crippen LogP contribution in [-0.4, -0.2) is 35.6 Å². The summed E-state index contributed by atoms with van der Waals surface area (Å²) in [5.41, 5.74) is 4.44. The van der Waals surface area contributed by atoms with Gasteiger partial charge in [-0.2, -0.15) is 0 Å². The lowest BCUT2D eigenvalue weighted by Crippen LogP contribution is -2.28. The maximum Gasteiger partial charge on any atom is 0.337 e. The van der Waals surface area contributed by atoms with Crippen molar-refractivity contribution in [2.45, 2.75) is 25.8 Å². The van der Waals surface area contributed by atoms with Crippen molar-refractivity contribution < 1.29 is 13.9 Å². The van der Waals surface area contributed by atoms with E-state index in [1.807, 2.05) is 30.3 Å². The Morgan fingerprint density at radius 2 is 2.03 bits per heavy atom. The summed E-state index contributed by atoms with van der Waals surface area (Å²) in [7, 11) is 1.38. The predicted octanol–water partition coefficient (Wildman–Crippen LogP) is 4.82. The van der Waals surface area contributed by atoms with Crippen LogP contribution in [0.25, 0.3) is 33.3 Å². The number of benzene rings is 2. The third kappa shape index (κ3) is 2.92. The van der Waals surface area contributed by atoms with Gasteiger partial charge in [-0.05, 0) is 44.0 Å². The summed E-state index contributed by atoms with van der Waals surface area (Å²) < 4.78 is 10.6. The molecule has 0 amide bonds. The summed E-state index contributed by atoms with van der Waals surface area (Å²) in [5, 5.41) is 1.01. The number of furan rings is 1. The molecule has 29 heavy (non-hydrogen) atoms. The predicted molar refractivity (Wildman–Crippen MR) is 112 cm³/mol. The molecule has 1 aliphatic rings. The molecule has 4 aromatic rings.